The lowest BCUT2D eigenvalue weighted by Gasteiger charge is -2.24. The Labute approximate surface area is 96.8 Å². The Morgan fingerprint density at radius 3 is 2.50 bits per heavy atom. The smallest absolute Gasteiger partial charge is 0.242 e. The van der Waals surface area contributed by atoms with Gasteiger partial charge in [-0.1, -0.05) is 19.3 Å². The summed E-state index contributed by atoms with van der Waals surface area (Å²) in [6.45, 7) is 1.94. The molecule has 1 aliphatic carbocycles. The molecule has 1 amide bonds. The highest BCUT2D eigenvalue weighted by Crippen LogP contribution is 2.18. The fourth-order valence-corrected chi connectivity index (χ4v) is 2.31. The summed E-state index contributed by atoms with van der Waals surface area (Å²) in [6, 6.07) is 4.20. The van der Waals surface area contributed by atoms with Gasteiger partial charge in [0.2, 0.25) is 5.91 Å². The van der Waals surface area contributed by atoms with E-state index in [0.29, 0.717) is 6.04 Å². The fourth-order valence-electron chi connectivity index (χ4n) is 2.31. The summed E-state index contributed by atoms with van der Waals surface area (Å²) in [5, 5.41) is 3.15. The third-order valence-corrected chi connectivity index (χ3v) is 3.41. The molecule has 0 saturated heterocycles. The van der Waals surface area contributed by atoms with Crippen LogP contribution in [-0.2, 0) is 4.79 Å². The van der Waals surface area contributed by atoms with E-state index in [4.69, 9.17) is 0 Å². The van der Waals surface area contributed by atoms with Crippen LogP contribution < -0.4 is 5.32 Å². The van der Waals surface area contributed by atoms with Gasteiger partial charge in [-0.25, -0.2) is 0 Å². The maximum absolute atomic E-state index is 12.0. The molecule has 0 aliphatic heterocycles. The van der Waals surface area contributed by atoms with Gasteiger partial charge in [-0.15, -0.1) is 0 Å². The zero-order chi connectivity index (χ0) is 11.4. The Balaban J connectivity index is 1.87. The summed E-state index contributed by atoms with van der Waals surface area (Å²) >= 11 is 0. The van der Waals surface area contributed by atoms with Crippen LogP contribution in [0.5, 0.6) is 0 Å². The molecule has 1 fully saturated rings. The lowest BCUT2D eigenvalue weighted by molar-refractivity contribution is -0.124. The van der Waals surface area contributed by atoms with Crippen LogP contribution in [0.3, 0.4) is 0 Å². The van der Waals surface area contributed by atoms with Crippen molar-refractivity contribution < 1.29 is 4.79 Å². The maximum Gasteiger partial charge on any atom is 0.242 e. The predicted octanol–water partition coefficient (Wildman–Crippen LogP) is 2.50. The Morgan fingerprint density at radius 1 is 1.25 bits per heavy atom. The molecule has 0 radical (unpaired) electrons. The molecule has 0 spiro atoms. The third kappa shape index (κ3) is 2.65. The molecule has 1 aliphatic rings. The van der Waals surface area contributed by atoms with Crippen molar-refractivity contribution in [2.45, 2.75) is 51.1 Å². The van der Waals surface area contributed by atoms with Crippen LogP contribution in [0, 0.1) is 0 Å². The Hall–Kier alpha value is -1.25. The van der Waals surface area contributed by atoms with Crippen molar-refractivity contribution in [3.63, 3.8) is 0 Å². The number of hydrogen-bond acceptors (Lipinski definition) is 1. The van der Waals surface area contributed by atoms with E-state index in [-0.39, 0.29) is 11.9 Å². The van der Waals surface area contributed by atoms with Gasteiger partial charge in [-0.05, 0) is 31.9 Å². The first-order chi connectivity index (χ1) is 7.77. The summed E-state index contributed by atoms with van der Waals surface area (Å²) in [4.78, 5) is 12.0. The number of carbonyl (C=O) groups is 1. The summed E-state index contributed by atoms with van der Waals surface area (Å²) < 4.78 is 1.94. The molecule has 88 valence electrons. The Morgan fingerprint density at radius 2 is 1.88 bits per heavy atom. The molecule has 1 N–H and O–H groups in total. The monoisotopic (exact) mass is 220 g/mol. The van der Waals surface area contributed by atoms with E-state index in [1.165, 1.54) is 19.3 Å². The van der Waals surface area contributed by atoms with Crippen molar-refractivity contribution in [1.82, 2.24) is 9.88 Å². The lowest BCUT2D eigenvalue weighted by atomic mass is 9.95. The highest BCUT2D eigenvalue weighted by Gasteiger charge is 2.19. The molecule has 1 atom stereocenters. The van der Waals surface area contributed by atoms with Gasteiger partial charge in [0.1, 0.15) is 6.04 Å². The van der Waals surface area contributed by atoms with Crippen LogP contribution in [0.1, 0.15) is 45.1 Å². The highest BCUT2D eigenvalue weighted by molar-refractivity contribution is 5.80. The van der Waals surface area contributed by atoms with E-state index in [0.717, 1.165) is 12.8 Å². The van der Waals surface area contributed by atoms with Crippen LogP contribution in [0.4, 0.5) is 0 Å². The van der Waals surface area contributed by atoms with Gasteiger partial charge in [0, 0.05) is 18.4 Å². The molecule has 0 unspecified atom stereocenters. The van der Waals surface area contributed by atoms with Gasteiger partial charge in [0.25, 0.3) is 0 Å². The van der Waals surface area contributed by atoms with E-state index < -0.39 is 0 Å². The summed E-state index contributed by atoms with van der Waals surface area (Å²) in [6.07, 6.45) is 9.98. The number of hydrogen-bond donors (Lipinski definition) is 1. The molecule has 0 bridgehead atoms. The summed E-state index contributed by atoms with van der Waals surface area (Å²) in [5.74, 6) is 0.142. The number of amides is 1. The summed E-state index contributed by atoms with van der Waals surface area (Å²) in [7, 11) is 0. The minimum Gasteiger partial charge on any atom is -0.352 e. The number of aromatic nitrogens is 1. The van der Waals surface area contributed by atoms with Crippen molar-refractivity contribution in [1.29, 1.82) is 0 Å². The van der Waals surface area contributed by atoms with Gasteiger partial charge < -0.3 is 9.88 Å². The van der Waals surface area contributed by atoms with Crippen molar-refractivity contribution in [3.8, 4) is 0 Å². The number of nitrogens with zero attached hydrogens (tertiary/aromatic N) is 1. The molecule has 2 rings (SSSR count). The molecule has 1 saturated carbocycles. The second kappa shape index (κ2) is 5.19. The van der Waals surface area contributed by atoms with Gasteiger partial charge in [0.15, 0.2) is 0 Å². The highest BCUT2D eigenvalue weighted by atomic mass is 16.2. The largest absolute Gasteiger partial charge is 0.352 e. The average molecular weight is 220 g/mol. The molecule has 3 heteroatoms. The molecule has 3 nitrogen and oxygen atoms in total. The van der Waals surface area contributed by atoms with Crippen LogP contribution in [-0.4, -0.2) is 16.5 Å². The average Bonchev–Trinajstić information content (AvgIpc) is 2.83. The lowest BCUT2D eigenvalue weighted by Crippen LogP contribution is -2.39. The molecule has 1 heterocycles. The van der Waals surface area contributed by atoms with E-state index >= 15 is 0 Å². The SMILES string of the molecule is C[C@@H](C(=O)NC1CCCCC1)n1cccc1. The van der Waals surface area contributed by atoms with Crippen molar-refractivity contribution in [2.75, 3.05) is 0 Å². The van der Waals surface area contributed by atoms with E-state index in [2.05, 4.69) is 5.32 Å². The van der Waals surface area contributed by atoms with Gasteiger partial charge in [-0.3, -0.25) is 4.79 Å². The molecular weight excluding hydrogens is 200 g/mol. The quantitative estimate of drug-likeness (QED) is 0.834. The third-order valence-electron chi connectivity index (χ3n) is 3.41. The first kappa shape index (κ1) is 11.2. The second-order valence-electron chi connectivity index (χ2n) is 4.65. The fraction of sp³-hybridized carbons (Fsp3) is 0.615. The molecule has 0 aromatic carbocycles. The minimum absolute atomic E-state index is 0.100. The predicted molar refractivity (Wildman–Crippen MR) is 64.2 cm³/mol. The molecular formula is C13H20N2O. The summed E-state index contributed by atoms with van der Waals surface area (Å²) in [5.41, 5.74) is 0. The standard InChI is InChI=1S/C13H20N2O/c1-11(15-9-5-6-10-15)13(16)14-12-7-3-2-4-8-12/h5-6,9-12H,2-4,7-8H2,1H3,(H,14,16)/t11-/m0/s1. The van der Waals surface area contributed by atoms with Gasteiger partial charge in [0.05, 0.1) is 0 Å². The second-order valence-corrected chi connectivity index (χ2v) is 4.65. The minimum atomic E-state index is -0.100. The van der Waals surface area contributed by atoms with Crippen molar-refractivity contribution >= 4 is 5.91 Å². The first-order valence-corrected chi connectivity index (χ1v) is 6.20. The number of carbonyl (C=O) groups excluding carboxylic acids is 1. The van der Waals surface area contributed by atoms with Crippen LogP contribution in [0.15, 0.2) is 24.5 Å². The van der Waals surface area contributed by atoms with E-state index in [1.54, 1.807) is 0 Å². The van der Waals surface area contributed by atoms with E-state index in [9.17, 15) is 4.79 Å². The van der Waals surface area contributed by atoms with E-state index in [1.807, 2.05) is 36.0 Å². The topological polar surface area (TPSA) is 34.0 Å². The normalized spacial score (nSPS) is 19.3. The van der Waals surface area contributed by atoms with Gasteiger partial charge >= 0.3 is 0 Å². The molecule has 1 aromatic rings. The first-order valence-electron chi connectivity index (χ1n) is 6.20. The van der Waals surface area contributed by atoms with Gasteiger partial charge in [-0.2, -0.15) is 0 Å². The number of rotatable bonds is 3. The zero-order valence-electron chi connectivity index (χ0n) is 9.86. The number of nitrogens with one attached hydrogen (secondary N) is 1. The Bertz CT molecular complexity index is 326. The van der Waals surface area contributed by atoms with Crippen LogP contribution in [0.2, 0.25) is 0 Å². The molecule has 16 heavy (non-hydrogen) atoms. The van der Waals surface area contributed by atoms with Crippen LogP contribution in [0.25, 0.3) is 0 Å². The van der Waals surface area contributed by atoms with Crippen molar-refractivity contribution in [2.24, 2.45) is 0 Å². The Kier molecular flexibility index (Phi) is 3.65. The zero-order valence-corrected chi connectivity index (χ0v) is 9.86. The maximum atomic E-state index is 12.0. The van der Waals surface area contributed by atoms with Crippen LogP contribution >= 0.6 is 0 Å². The van der Waals surface area contributed by atoms with Crippen molar-refractivity contribution in [3.05, 3.63) is 24.5 Å². The molecule has 1 aromatic heterocycles.